The first-order chi connectivity index (χ1) is 10.6. The highest BCUT2D eigenvalue weighted by Crippen LogP contribution is 2.17. The lowest BCUT2D eigenvalue weighted by Gasteiger charge is -2.27. The zero-order chi connectivity index (χ0) is 16.4. The third-order valence-corrected chi connectivity index (χ3v) is 3.86. The lowest BCUT2D eigenvalue weighted by molar-refractivity contribution is -0.0712. The molecule has 0 amide bonds. The average molecular weight is 312 g/mol. The van der Waals surface area contributed by atoms with Crippen LogP contribution in [0.4, 0.5) is 0 Å². The lowest BCUT2D eigenvalue weighted by Crippen LogP contribution is -2.36. The minimum Gasteiger partial charge on any atom is -0.394 e. The summed E-state index contributed by atoms with van der Waals surface area (Å²) < 4.78 is 16.2. The van der Waals surface area contributed by atoms with Crippen molar-refractivity contribution in [3.63, 3.8) is 0 Å². The molecule has 0 aliphatic heterocycles. The normalized spacial score (nSPS) is 17.0. The van der Waals surface area contributed by atoms with E-state index in [9.17, 15) is 5.11 Å². The summed E-state index contributed by atoms with van der Waals surface area (Å²) in [5.41, 5.74) is 1.12. The van der Waals surface area contributed by atoms with Crippen molar-refractivity contribution in [1.82, 2.24) is 0 Å². The molecule has 22 heavy (non-hydrogen) atoms. The molecule has 0 radical (unpaired) electrons. The van der Waals surface area contributed by atoms with E-state index in [0.717, 1.165) is 5.56 Å². The second kappa shape index (κ2) is 10.7. The Kier molecular flexibility index (Phi) is 9.27. The molecule has 4 atom stereocenters. The molecule has 0 aliphatic carbocycles. The van der Waals surface area contributed by atoms with Crippen LogP contribution in [0.15, 0.2) is 30.3 Å². The van der Waals surface area contributed by atoms with Crippen molar-refractivity contribution in [3.8, 4) is 0 Å². The monoisotopic (exact) mass is 312 g/mol. The van der Waals surface area contributed by atoms with Gasteiger partial charge in [-0.3, -0.25) is 0 Å². The van der Waals surface area contributed by atoms with Crippen LogP contribution in [0.25, 0.3) is 0 Å². The SMILES string of the molecule is CO[C@@H](COCc1ccccc1)[C@@H](C)C[C@H](O)[C@@H](CO)OC. The van der Waals surface area contributed by atoms with E-state index in [2.05, 4.69) is 0 Å². The molecule has 0 saturated carbocycles. The van der Waals surface area contributed by atoms with Crippen molar-refractivity contribution in [2.24, 2.45) is 5.92 Å². The Morgan fingerprint density at radius 1 is 1.05 bits per heavy atom. The van der Waals surface area contributed by atoms with E-state index < -0.39 is 12.2 Å². The highest BCUT2D eigenvalue weighted by atomic mass is 16.5. The standard InChI is InChI=1S/C17H28O5/c1-13(9-15(19)16(10-18)20-2)17(21-3)12-22-11-14-7-5-4-6-8-14/h4-8,13,15-19H,9-12H2,1-3H3/t13-,15-,16+,17-/m0/s1. The predicted molar refractivity (Wildman–Crippen MR) is 84.6 cm³/mol. The van der Waals surface area contributed by atoms with E-state index in [1.54, 1.807) is 7.11 Å². The maximum Gasteiger partial charge on any atom is 0.106 e. The van der Waals surface area contributed by atoms with Gasteiger partial charge in [0.15, 0.2) is 0 Å². The second-order valence-corrected chi connectivity index (χ2v) is 5.51. The molecule has 0 saturated heterocycles. The molecular formula is C17H28O5. The summed E-state index contributed by atoms with van der Waals surface area (Å²) in [4.78, 5) is 0. The number of ether oxygens (including phenoxy) is 3. The van der Waals surface area contributed by atoms with E-state index in [1.807, 2.05) is 37.3 Å². The molecule has 5 nitrogen and oxygen atoms in total. The fourth-order valence-electron chi connectivity index (χ4n) is 2.37. The summed E-state index contributed by atoms with van der Waals surface area (Å²) in [6, 6.07) is 9.95. The van der Waals surface area contributed by atoms with E-state index in [-0.39, 0.29) is 18.6 Å². The van der Waals surface area contributed by atoms with Crippen LogP contribution in [0.2, 0.25) is 0 Å². The highest BCUT2D eigenvalue weighted by molar-refractivity contribution is 5.13. The van der Waals surface area contributed by atoms with Gasteiger partial charge >= 0.3 is 0 Å². The zero-order valence-corrected chi connectivity index (χ0v) is 13.6. The first kappa shape index (κ1) is 19.1. The van der Waals surface area contributed by atoms with Gasteiger partial charge in [0.25, 0.3) is 0 Å². The van der Waals surface area contributed by atoms with Gasteiger partial charge in [-0.2, -0.15) is 0 Å². The molecular weight excluding hydrogens is 284 g/mol. The van der Waals surface area contributed by atoms with E-state index in [4.69, 9.17) is 19.3 Å². The lowest BCUT2D eigenvalue weighted by atomic mass is 9.95. The van der Waals surface area contributed by atoms with Gasteiger partial charge in [0.05, 0.1) is 32.0 Å². The number of benzene rings is 1. The molecule has 0 bridgehead atoms. The van der Waals surface area contributed by atoms with Crippen molar-refractivity contribution in [2.75, 3.05) is 27.4 Å². The number of aliphatic hydroxyl groups is 2. The van der Waals surface area contributed by atoms with Crippen LogP contribution in [-0.4, -0.2) is 56.0 Å². The predicted octanol–water partition coefficient (Wildman–Crippen LogP) is 1.61. The van der Waals surface area contributed by atoms with Crippen molar-refractivity contribution < 1.29 is 24.4 Å². The van der Waals surface area contributed by atoms with Crippen LogP contribution in [-0.2, 0) is 20.8 Å². The number of hydrogen-bond acceptors (Lipinski definition) is 5. The van der Waals surface area contributed by atoms with Crippen LogP contribution in [0.3, 0.4) is 0 Å². The van der Waals surface area contributed by atoms with Gasteiger partial charge < -0.3 is 24.4 Å². The Morgan fingerprint density at radius 2 is 1.68 bits per heavy atom. The third kappa shape index (κ3) is 6.42. The van der Waals surface area contributed by atoms with Gasteiger partial charge in [0.1, 0.15) is 6.10 Å². The molecule has 1 rings (SSSR count). The van der Waals surface area contributed by atoms with E-state index in [0.29, 0.717) is 19.6 Å². The van der Waals surface area contributed by atoms with Crippen molar-refractivity contribution in [2.45, 2.75) is 38.3 Å². The fourth-order valence-corrected chi connectivity index (χ4v) is 2.37. The molecule has 2 N–H and O–H groups in total. The topological polar surface area (TPSA) is 68.2 Å². The summed E-state index contributed by atoms with van der Waals surface area (Å²) in [5, 5.41) is 19.2. The second-order valence-electron chi connectivity index (χ2n) is 5.51. The number of methoxy groups -OCH3 is 2. The summed E-state index contributed by atoms with van der Waals surface area (Å²) >= 11 is 0. The van der Waals surface area contributed by atoms with E-state index in [1.165, 1.54) is 7.11 Å². The third-order valence-electron chi connectivity index (χ3n) is 3.86. The molecule has 0 aliphatic rings. The molecule has 0 heterocycles. The first-order valence-corrected chi connectivity index (χ1v) is 7.58. The van der Waals surface area contributed by atoms with Gasteiger partial charge in [-0.15, -0.1) is 0 Å². The molecule has 0 spiro atoms. The smallest absolute Gasteiger partial charge is 0.106 e. The minimum atomic E-state index is -0.725. The average Bonchev–Trinajstić information content (AvgIpc) is 2.53. The van der Waals surface area contributed by atoms with Gasteiger partial charge in [-0.05, 0) is 17.9 Å². The number of rotatable bonds is 11. The Hall–Kier alpha value is -0.980. The fraction of sp³-hybridized carbons (Fsp3) is 0.647. The summed E-state index contributed by atoms with van der Waals surface area (Å²) in [6.45, 7) is 2.78. The summed E-state index contributed by atoms with van der Waals surface area (Å²) in [7, 11) is 3.12. The molecule has 126 valence electrons. The summed E-state index contributed by atoms with van der Waals surface area (Å²) in [5.74, 6) is 0.0833. The Morgan fingerprint density at radius 3 is 2.23 bits per heavy atom. The van der Waals surface area contributed by atoms with Crippen LogP contribution in [0.1, 0.15) is 18.9 Å². The van der Waals surface area contributed by atoms with Crippen molar-refractivity contribution in [1.29, 1.82) is 0 Å². The molecule has 0 aromatic heterocycles. The molecule has 1 aromatic carbocycles. The van der Waals surface area contributed by atoms with Gasteiger partial charge in [0.2, 0.25) is 0 Å². The number of hydrogen-bond donors (Lipinski definition) is 2. The van der Waals surface area contributed by atoms with Gasteiger partial charge in [-0.25, -0.2) is 0 Å². The summed E-state index contributed by atoms with van der Waals surface area (Å²) in [6.07, 6.45) is -0.928. The van der Waals surface area contributed by atoms with Crippen LogP contribution in [0, 0.1) is 5.92 Å². The zero-order valence-electron chi connectivity index (χ0n) is 13.6. The van der Waals surface area contributed by atoms with E-state index >= 15 is 0 Å². The van der Waals surface area contributed by atoms with Crippen LogP contribution in [0.5, 0.6) is 0 Å². The molecule has 1 aromatic rings. The Balaban J connectivity index is 2.39. The largest absolute Gasteiger partial charge is 0.394 e. The first-order valence-electron chi connectivity index (χ1n) is 7.58. The van der Waals surface area contributed by atoms with Crippen LogP contribution < -0.4 is 0 Å². The quantitative estimate of drug-likeness (QED) is 0.650. The van der Waals surface area contributed by atoms with Crippen molar-refractivity contribution >= 4 is 0 Å². The molecule has 0 unspecified atom stereocenters. The molecule has 5 heteroatoms. The van der Waals surface area contributed by atoms with Crippen molar-refractivity contribution in [3.05, 3.63) is 35.9 Å². The number of aliphatic hydroxyl groups excluding tert-OH is 2. The van der Waals surface area contributed by atoms with Gasteiger partial charge in [-0.1, -0.05) is 37.3 Å². The van der Waals surface area contributed by atoms with Crippen LogP contribution >= 0.6 is 0 Å². The Labute approximate surface area is 132 Å². The van der Waals surface area contributed by atoms with Gasteiger partial charge in [0, 0.05) is 14.2 Å². The minimum absolute atomic E-state index is 0.0833. The highest BCUT2D eigenvalue weighted by Gasteiger charge is 2.25. The maximum absolute atomic E-state index is 10.0. The Bertz CT molecular complexity index is 380. The molecule has 0 fully saturated rings. The maximum atomic E-state index is 10.0.